The number of aromatic nitrogens is 2. The van der Waals surface area contributed by atoms with Crippen LogP contribution in [-0.4, -0.2) is 15.3 Å². The SMILES string of the molecule is Oc1ccccc1-c1nnc(NCc2ccccc2)s1. The lowest BCUT2D eigenvalue weighted by molar-refractivity contribution is 0.477. The van der Waals surface area contributed by atoms with Crippen molar-refractivity contribution in [3.63, 3.8) is 0 Å². The van der Waals surface area contributed by atoms with Crippen LogP contribution in [0, 0.1) is 0 Å². The fraction of sp³-hybridized carbons (Fsp3) is 0.0667. The molecule has 0 amide bonds. The molecule has 2 aromatic carbocycles. The molecule has 2 N–H and O–H groups in total. The lowest BCUT2D eigenvalue weighted by atomic mass is 10.2. The molecule has 0 saturated carbocycles. The first kappa shape index (κ1) is 12.6. The third kappa shape index (κ3) is 2.78. The van der Waals surface area contributed by atoms with E-state index in [1.165, 1.54) is 16.9 Å². The van der Waals surface area contributed by atoms with Crippen LogP contribution in [0.1, 0.15) is 5.56 Å². The molecule has 0 radical (unpaired) electrons. The van der Waals surface area contributed by atoms with E-state index in [1.54, 1.807) is 12.1 Å². The van der Waals surface area contributed by atoms with Crippen molar-refractivity contribution >= 4 is 16.5 Å². The van der Waals surface area contributed by atoms with E-state index < -0.39 is 0 Å². The molecular weight excluding hydrogens is 270 g/mol. The van der Waals surface area contributed by atoms with Crippen molar-refractivity contribution in [2.75, 3.05) is 5.32 Å². The van der Waals surface area contributed by atoms with Crippen LogP contribution in [0.15, 0.2) is 54.6 Å². The van der Waals surface area contributed by atoms with E-state index >= 15 is 0 Å². The van der Waals surface area contributed by atoms with Gasteiger partial charge in [0.15, 0.2) is 5.01 Å². The van der Waals surface area contributed by atoms with Gasteiger partial charge in [0.2, 0.25) is 5.13 Å². The van der Waals surface area contributed by atoms with Gasteiger partial charge in [-0.3, -0.25) is 0 Å². The van der Waals surface area contributed by atoms with Gasteiger partial charge in [0.05, 0.1) is 5.56 Å². The van der Waals surface area contributed by atoms with Gasteiger partial charge < -0.3 is 10.4 Å². The summed E-state index contributed by atoms with van der Waals surface area (Å²) in [6, 6.07) is 17.2. The predicted octanol–water partition coefficient (Wildman–Crippen LogP) is 3.52. The Hall–Kier alpha value is -2.40. The summed E-state index contributed by atoms with van der Waals surface area (Å²) in [6.45, 7) is 0.705. The predicted molar refractivity (Wildman–Crippen MR) is 80.8 cm³/mol. The number of nitrogens with zero attached hydrogens (tertiary/aromatic N) is 2. The second-order valence-electron chi connectivity index (χ2n) is 4.27. The number of phenolic OH excluding ortho intramolecular Hbond substituents is 1. The first-order chi connectivity index (χ1) is 9.83. The van der Waals surface area contributed by atoms with E-state index in [2.05, 4.69) is 27.6 Å². The standard InChI is InChI=1S/C15H13N3OS/c19-13-9-5-4-8-12(13)14-17-18-15(20-14)16-10-11-6-2-1-3-7-11/h1-9,19H,10H2,(H,16,18). The molecule has 3 rings (SSSR count). The molecule has 0 spiro atoms. The number of hydrogen-bond acceptors (Lipinski definition) is 5. The van der Waals surface area contributed by atoms with Crippen molar-refractivity contribution in [3.8, 4) is 16.3 Å². The zero-order valence-electron chi connectivity index (χ0n) is 10.7. The Morgan fingerprint density at radius 3 is 2.50 bits per heavy atom. The summed E-state index contributed by atoms with van der Waals surface area (Å²) in [5.41, 5.74) is 1.89. The van der Waals surface area contributed by atoms with Gasteiger partial charge in [-0.2, -0.15) is 0 Å². The van der Waals surface area contributed by atoms with Crippen LogP contribution in [0.2, 0.25) is 0 Å². The van der Waals surface area contributed by atoms with Gasteiger partial charge in [0.25, 0.3) is 0 Å². The first-order valence-electron chi connectivity index (χ1n) is 6.22. The number of nitrogens with one attached hydrogen (secondary N) is 1. The number of benzene rings is 2. The third-order valence-corrected chi connectivity index (χ3v) is 3.76. The van der Waals surface area contributed by atoms with Crippen LogP contribution in [0.5, 0.6) is 5.75 Å². The highest BCUT2D eigenvalue weighted by Gasteiger charge is 2.09. The summed E-state index contributed by atoms with van der Waals surface area (Å²) in [7, 11) is 0. The zero-order chi connectivity index (χ0) is 13.8. The molecular formula is C15H13N3OS. The molecule has 1 heterocycles. The summed E-state index contributed by atoms with van der Waals surface area (Å²) in [5.74, 6) is 0.221. The summed E-state index contributed by atoms with van der Waals surface area (Å²) in [6.07, 6.45) is 0. The van der Waals surface area contributed by atoms with Gasteiger partial charge in [0.1, 0.15) is 5.75 Å². The Kier molecular flexibility index (Phi) is 3.60. The highest BCUT2D eigenvalue weighted by molar-refractivity contribution is 7.18. The average molecular weight is 283 g/mol. The minimum atomic E-state index is 0.221. The molecule has 3 aromatic rings. The largest absolute Gasteiger partial charge is 0.507 e. The van der Waals surface area contributed by atoms with Gasteiger partial charge in [0, 0.05) is 6.54 Å². The summed E-state index contributed by atoms with van der Waals surface area (Å²) in [4.78, 5) is 0. The fourth-order valence-electron chi connectivity index (χ4n) is 1.83. The van der Waals surface area contributed by atoms with Gasteiger partial charge in [-0.1, -0.05) is 53.8 Å². The van der Waals surface area contributed by atoms with Crippen molar-refractivity contribution in [1.82, 2.24) is 10.2 Å². The first-order valence-corrected chi connectivity index (χ1v) is 7.04. The number of anilines is 1. The number of aromatic hydroxyl groups is 1. The Balaban J connectivity index is 1.73. The molecule has 0 unspecified atom stereocenters. The molecule has 0 saturated heterocycles. The Morgan fingerprint density at radius 1 is 0.950 bits per heavy atom. The second-order valence-corrected chi connectivity index (χ2v) is 5.25. The minimum Gasteiger partial charge on any atom is -0.507 e. The van der Waals surface area contributed by atoms with E-state index in [0.29, 0.717) is 17.1 Å². The lowest BCUT2D eigenvalue weighted by Gasteiger charge is -2.01. The van der Waals surface area contributed by atoms with Crippen LogP contribution in [0.25, 0.3) is 10.6 Å². The van der Waals surface area contributed by atoms with Gasteiger partial charge in [-0.05, 0) is 17.7 Å². The number of para-hydroxylation sites is 1. The molecule has 4 nitrogen and oxygen atoms in total. The summed E-state index contributed by atoms with van der Waals surface area (Å²) in [5, 5.41) is 22.7. The fourth-order valence-corrected chi connectivity index (χ4v) is 2.60. The summed E-state index contributed by atoms with van der Waals surface area (Å²) < 4.78 is 0. The Labute approximate surface area is 120 Å². The van der Waals surface area contributed by atoms with E-state index in [0.717, 1.165) is 5.13 Å². The van der Waals surface area contributed by atoms with E-state index in [-0.39, 0.29) is 5.75 Å². The molecule has 0 aliphatic rings. The van der Waals surface area contributed by atoms with Crippen LogP contribution >= 0.6 is 11.3 Å². The van der Waals surface area contributed by atoms with Crippen LogP contribution in [0.3, 0.4) is 0 Å². The number of phenols is 1. The molecule has 0 atom stereocenters. The molecule has 0 fully saturated rings. The molecule has 100 valence electrons. The van der Waals surface area contributed by atoms with Crippen molar-refractivity contribution in [3.05, 3.63) is 60.2 Å². The molecule has 1 aromatic heterocycles. The van der Waals surface area contributed by atoms with Crippen LogP contribution < -0.4 is 5.32 Å². The smallest absolute Gasteiger partial charge is 0.206 e. The van der Waals surface area contributed by atoms with Crippen molar-refractivity contribution in [2.24, 2.45) is 0 Å². The highest BCUT2D eigenvalue weighted by atomic mass is 32.1. The summed E-state index contributed by atoms with van der Waals surface area (Å²) >= 11 is 1.43. The van der Waals surface area contributed by atoms with Crippen LogP contribution in [-0.2, 0) is 6.54 Å². The molecule has 0 aliphatic carbocycles. The number of hydrogen-bond donors (Lipinski definition) is 2. The normalized spacial score (nSPS) is 10.4. The quantitative estimate of drug-likeness (QED) is 0.769. The number of rotatable bonds is 4. The topological polar surface area (TPSA) is 58.0 Å². The van der Waals surface area contributed by atoms with Crippen molar-refractivity contribution in [1.29, 1.82) is 0 Å². The maximum absolute atomic E-state index is 9.80. The maximum atomic E-state index is 9.80. The Morgan fingerprint density at radius 2 is 1.70 bits per heavy atom. The van der Waals surface area contributed by atoms with E-state index in [9.17, 15) is 5.11 Å². The molecule has 5 heteroatoms. The van der Waals surface area contributed by atoms with Gasteiger partial charge in [-0.15, -0.1) is 10.2 Å². The second kappa shape index (κ2) is 5.71. The minimum absolute atomic E-state index is 0.221. The Bertz CT molecular complexity index is 697. The molecule has 0 bridgehead atoms. The zero-order valence-corrected chi connectivity index (χ0v) is 11.5. The van der Waals surface area contributed by atoms with E-state index in [1.807, 2.05) is 30.3 Å². The van der Waals surface area contributed by atoms with Gasteiger partial charge >= 0.3 is 0 Å². The van der Waals surface area contributed by atoms with Gasteiger partial charge in [-0.25, -0.2) is 0 Å². The van der Waals surface area contributed by atoms with Crippen LogP contribution in [0.4, 0.5) is 5.13 Å². The van der Waals surface area contributed by atoms with E-state index in [4.69, 9.17) is 0 Å². The highest BCUT2D eigenvalue weighted by Crippen LogP contribution is 2.32. The third-order valence-electron chi connectivity index (χ3n) is 2.85. The molecule has 0 aliphatic heterocycles. The monoisotopic (exact) mass is 283 g/mol. The lowest BCUT2D eigenvalue weighted by Crippen LogP contribution is -1.98. The maximum Gasteiger partial charge on any atom is 0.206 e. The van der Waals surface area contributed by atoms with Crippen molar-refractivity contribution in [2.45, 2.75) is 6.54 Å². The van der Waals surface area contributed by atoms with Crippen molar-refractivity contribution < 1.29 is 5.11 Å². The average Bonchev–Trinajstić information content (AvgIpc) is 2.95. The molecule has 20 heavy (non-hydrogen) atoms.